The highest BCUT2D eigenvalue weighted by Gasteiger charge is 2.26. The van der Waals surface area contributed by atoms with Crippen molar-refractivity contribution in [3.63, 3.8) is 0 Å². The van der Waals surface area contributed by atoms with Gasteiger partial charge in [0.25, 0.3) is 0 Å². The molecule has 1 aromatic carbocycles. The fourth-order valence-corrected chi connectivity index (χ4v) is 4.53. The minimum Gasteiger partial charge on any atom is -0.350 e. The van der Waals surface area contributed by atoms with Gasteiger partial charge in [0, 0.05) is 54.9 Å². The molecule has 0 radical (unpaired) electrons. The number of imidazole rings is 2. The molecule has 7 heteroatoms. The van der Waals surface area contributed by atoms with Crippen molar-refractivity contribution in [1.82, 2.24) is 28.7 Å². The summed E-state index contributed by atoms with van der Waals surface area (Å²) in [6, 6.07) is 12.0. The number of hydrogen-bond acceptors (Lipinski definition) is 4. The number of hydrogen-bond donors (Lipinski definition) is 0. The Kier molecular flexibility index (Phi) is 4.72. The quantitative estimate of drug-likeness (QED) is 0.373. The number of fused-ring (bicyclic) bond motifs is 1. The van der Waals surface area contributed by atoms with Crippen molar-refractivity contribution in [2.24, 2.45) is 7.05 Å². The summed E-state index contributed by atoms with van der Waals surface area (Å²) in [5.41, 5.74) is 4.87. The smallest absolute Gasteiger partial charge is 0.198 e. The molecular weight excluding hydrogens is 424 g/mol. The summed E-state index contributed by atoms with van der Waals surface area (Å²) < 4.78 is 6.07. The second kappa shape index (κ2) is 7.80. The van der Waals surface area contributed by atoms with Crippen LogP contribution in [0.4, 0.5) is 0 Å². The molecule has 0 atom stereocenters. The van der Waals surface area contributed by atoms with Crippen LogP contribution in [0.5, 0.6) is 0 Å². The molecule has 0 aliphatic heterocycles. The van der Waals surface area contributed by atoms with Gasteiger partial charge in [-0.2, -0.15) is 0 Å². The molecule has 0 saturated heterocycles. The lowest BCUT2D eigenvalue weighted by Gasteiger charge is -2.13. The van der Waals surface area contributed by atoms with E-state index in [2.05, 4.69) is 34.6 Å². The minimum atomic E-state index is -0.0330. The highest BCUT2D eigenvalue weighted by molar-refractivity contribution is 5.85. The SMILES string of the molecule is CC(C)n1ccnc1-c1cccc(-c2cn(C)c3ccc(-n4cnc(C5CC5)c4)cc3c2=O)n1. The largest absolute Gasteiger partial charge is 0.350 e. The molecule has 7 nitrogen and oxygen atoms in total. The van der Waals surface area contributed by atoms with Gasteiger partial charge in [-0.1, -0.05) is 6.07 Å². The van der Waals surface area contributed by atoms with Crippen molar-refractivity contribution in [2.45, 2.75) is 38.6 Å². The molecule has 170 valence electrons. The molecule has 4 aromatic heterocycles. The summed E-state index contributed by atoms with van der Waals surface area (Å²) in [5.74, 6) is 1.38. The molecule has 1 aliphatic carbocycles. The predicted octanol–water partition coefficient (Wildman–Crippen LogP) is 5.11. The lowest BCUT2D eigenvalue weighted by Crippen LogP contribution is -2.12. The van der Waals surface area contributed by atoms with Gasteiger partial charge >= 0.3 is 0 Å². The number of benzene rings is 1. The van der Waals surface area contributed by atoms with Crippen LogP contribution < -0.4 is 5.43 Å². The van der Waals surface area contributed by atoms with Gasteiger partial charge in [0.15, 0.2) is 11.3 Å². The van der Waals surface area contributed by atoms with E-state index in [1.165, 1.54) is 12.8 Å². The normalized spacial score (nSPS) is 13.8. The Labute approximate surface area is 197 Å². The molecule has 0 amide bonds. The molecule has 0 N–H and O–H groups in total. The van der Waals surface area contributed by atoms with Crippen molar-refractivity contribution in [3.05, 3.63) is 83.4 Å². The molecule has 0 spiro atoms. The van der Waals surface area contributed by atoms with Crippen molar-refractivity contribution in [2.75, 3.05) is 0 Å². The fourth-order valence-electron chi connectivity index (χ4n) is 4.53. The molecule has 4 heterocycles. The van der Waals surface area contributed by atoms with Crippen LogP contribution in [0, 0.1) is 0 Å². The summed E-state index contributed by atoms with van der Waals surface area (Å²) in [7, 11) is 1.96. The maximum atomic E-state index is 13.7. The summed E-state index contributed by atoms with van der Waals surface area (Å²) in [5, 5.41) is 0.662. The fraction of sp³-hybridized carbons (Fsp3) is 0.259. The van der Waals surface area contributed by atoms with Gasteiger partial charge in [-0.25, -0.2) is 15.0 Å². The van der Waals surface area contributed by atoms with Gasteiger partial charge < -0.3 is 13.7 Å². The average Bonchev–Trinajstić information content (AvgIpc) is 3.36. The Balaban J connectivity index is 1.46. The lowest BCUT2D eigenvalue weighted by molar-refractivity contribution is 0.605. The Morgan fingerprint density at radius 1 is 1.03 bits per heavy atom. The maximum Gasteiger partial charge on any atom is 0.198 e. The Morgan fingerprint density at radius 3 is 2.65 bits per heavy atom. The lowest BCUT2D eigenvalue weighted by atomic mass is 10.1. The van der Waals surface area contributed by atoms with Crippen LogP contribution in [0.3, 0.4) is 0 Å². The molecule has 6 rings (SSSR count). The molecular formula is C27H26N6O. The van der Waals surface area contributed by atoms with Crippen LogP contribution in [-0.2, 0) is 7.05 Å². The molecule has 5 aromatic rings. The van der Waals surface area contributed by atoms with Gasteiger partial charge in [-0.05, 0) is 57.0 Å². The van der Waals surface area contributed by atoms with Crippen molar-refractivity contribution >= 4 is 10.9 Å². The average molecular weight is 451 g/mol. The minimum absolute atomic E-state index is 0.0330. The van der Waals surface area contributed by atoms with Crippen LogP contribution in [0.2, 0.25) is 0 Å². The van der Waals surface area contributed by atoms with E-state index in [1.807, 2.05) is 71.3 Å². The van der Waals surface area contributed by atoms with Gasteiger partial charge in [0.1, 0.15) is 5.69 Å². The van der Waals surface area contributed by atoms with Crippen molar-refractivity contribution in [1.29, 1.82) is 0 Å². The third kappa shape index (κ3) is 3.44. The zero-order valence-electron chi connectivity index (χ0n) is 19.5. The van der Waals surface area contributed by atoms with E-state index < -0.39 is 0 Å². The number of aryl methyl sites for hydroxylation is 1. The Bertz CT molecular complexity index is 1580. The summed E-state index contributed by atoms with van der Waals surface area (Å²) >= 11 is 0. The van der Waals surface area contributed by atoms with E-state index in [9.17, 15) is 4.79 Å². The topological polar surface area (TPSA) is 70.5 Å². The van der Waals surface area contributed by atoms with Gasteiger partial charge in [-0.15, -0.1) is 0 Å². The summed E-state index contributed by atoms with van der Waals surface area (Å²) in [6.45, 7) is 4.22. The Hall–Kier alpha value is -4.00. The van der Waals surface area contributed by atoms with E-state index in [-0.39, 0.29) is 11.5 Å². The molecule has 1 aliphatic rings. The van der Waals surface area contributed by atoms with E-state index in [0.717, 1.165) is 28.4 Å². The third-order valence-corrected chi connectivity index (χ3v) is 6.55. The van der Waals surface area contributed by atoms with Crippen LogP contribution in [0.1, 0.15) is 44.3 Å². The molecule has 0 bridgehead atoms. The number of aromatic nitrogens is 6. The predicted molar refractivity (Wildman–Crippen MR) is 133 cm³/mol. The number of nitrogens with zero attached hydrogens (tertiary/aromatic N) is 6. The number of rotatable bonds is 5. The monoisotopic (exact) mass is 450 g/mol. The first-order valence-corrected chi connectivity index (χ1v) is 11.7. The van der Waals surface area contributed by atoms with Gasteiger partial charge in [0.2, 0.25) is 0 Å². The first-order valence-electron chi connectivity index (χ1n) is 11.7. The van der Waals surface area contributed by atoms with Crippen LogP contribution in [0.15, 0.2) is 72.3 Å². The second-order valence-electron chi connectivity index (χ2n) is 9.32. The molecule has 1 saturated carbocycles. The molecule has 34 heavy (non-hydrogen) atoms. The van der Waals surface area contributed by atoms with E-state index >= 15 is 0 Å². The first-order chi connectivity index (χ1) is 16.5. The Morgan fingerprint density at radius 2 is 1.85 bits per heavy atom. The molecule has 0 unspecified atom stereocenters. The standard InChI is InChI=1S/C27H26N6O/c1-17(2)33-12-11-28-27(33)23-6-4-5-22(30-23)21-14-31(3)25-10-9-19(13-20(25)26(21)34)32-15-24(29-16-32)18-7-8-18/h4-6,9-18H,7-8H2,1-3H3. The highest BCUT2D eigenvalue weighted by Crippen LogP contribution is 2.39. The van der Waals surface area contributed by atoms with E-state index in [0.29, 0.717) is 22.6 Å². The first kappa shape index (κ1) is 20.6. The molecule has 1 fully saturated rings. The van der Waals surface area contributed by atoms with Crippen molar-refractivity contribution < 1.29 is 0 Å². The van der Waals surface area contributed by atoms with Crippen molar-refractivity contribution in [3.8, 4) is 28.5 Å². The summed E-state index contributed by atoms with van der Waals surface area (Å²) in [6.07, 6.45) is 11.9. The van der Waals surface area contributed by atoms with Crippen LogP contribution >= 0.6 is 0 Å². The number of pyridine rings is 2. The highest BCUT2D eigenvalue weighted by atomic mass is 16.1. The second-order valence-corrected chi connectivity index (χ2v) is 9.32. The van der Waals surface area contributed by atoms with Gasteiger partial charge in [0.05, 0.1) is 28.8 Å². The zero-order valence-corrected chi connectivity index (χ0v) is 19.5. The van der Waals surface area contributed by atoms with E-state index in [1.54, 1.807) is 6.20 Å². The van der Waals surface area contributed by atoms with Crippen LogP contribution in [0.25, 0.3) is 39.4 Å². The van der Waals surface area contributed by atoms with Crippen LogP contribution in [-0.4, -0.2) is 28.7 Å². The summed E-state index contributed by atoms with van der Waals surface area (Å²) in [4.78, 5) is 27.6. The van der Waals surface area contributed by atoms with E-state index in [4.69, 9.17) is 4.98 Å². The zero-order chi connectivity index (χ0) is 23.4. The maximum absolute atomic E-state index is 13.7. The van der Waals surface area contributed by atoms with Gasteiger partial charge in [-0.3, -0.25) is 4.79 Å². The third-order valence-electron chi connectivity index (χ3n) is 6.55.